The molecule has 0 bridgehead atoms. The van der Waals surface area contributed by atoms with Crippen LogP contribution in [0.3, 0.4) is 0 Å². The Morgan fingerprint density at radius 1 is 1.23 bits per heavy atom. The SMILES string of the molecule is COc1cc(F)cc(Nc2nccc(-c3cc(C(=O)NCCN4CCC4)n(C)n3)n2)c1. The largest absolute Gasteiger partial charge is 0.497 e. The Labute approximate surface area is 179 Å². The van der Waals surface area contributed by atoms with Crippen LogP contribution in [-0.4, -0.2) is 63.8 Å². The third-order valence-electron chi connectivity index (χ3n) is 5.06. The molecule has 0 saturated carbocycles. The number of benzene rings is 1. The quantitative estimate of drug-likeness (QED) is 0.571. The van der Waals surface area contributed by atoms with Crippen LogP contribution in [0.25, 0.3) is 11.4 Å². The van der Waals surface area contributed by atoms with E-state index in [4.69, 9.17) is 4.74 Å². The normalized spacial score (nSPS) is 13.5. The fraction of sp³-hybridized carbons (Fsp3) is 0.333. The van der Waals surface area contributed by atoms with Gasteiger partial charge in [0.05, 0.1) is 12.8 Å². The second kappa shape index (κ2) is 9.09. The van der Waals surface area contributed by atoms with E-state index in [-0.39, 0.29) is 11.9 Å². The lowest BCUT2D eigenvalue weighted by Crippen LogP contribution is -2.42. The predicted molar refractivity (Wildman–Crippen MR) is 114 cm³/mol. The van der Waals surface area contributed by atoms with Crippen LogP contribution in [0.1, 0.15) is 16.9 Å². The van der Waals surface area contributed by atoms with Gasteiger partial charge in [0.25, 0.3) is 5.91 Å². The lowest BCUT2D eigenvalue weighted by molar-refractivity contribution is 0.0932. The third-order valence-corrected chi connectivity index (χ3v) is 5.06. The summed E-state index contributed by atoms with van der Waals surface area (Å²) in [5, 5.41) is 10.3. The van der Waals surface area contributed by atoms with Gasteiger partial charge in [-0.15, -0.1) is 0 Å². The van der Waals surface area contributed by atoms with Crippen LogP contribution in [0, 0.1) is 5.82 Å². The average Bonchev–Trinajstić information content (AvgIpc) is 3.11. The van der Waals surface area contributed by atoms with Crippen molar-refractivity contribution < 1.29 is 13.9 Å². The number of hydrogen-bond acceptors (Lipinski definition) is 7. The number of amides is 1. The predicted octanol–water partition coefficient (Wildman–Crippen LogP) is 2.20. The van der Waals surface area contributed by atoms with E-state index in [9.17, 15) is 9.18 Å². The highest BCUT2D eigenvalue weighted by Gasteiger charge is 2.17. The first-order valence-corrected chi connectivity index (χ1v) is 10.0. The summed E-state index contributed by atoms with van der Waals surface area (Å²) in [5.41, 5.74) is 1.98. The number of carbonyl (C=O) groups is 1. The van der Waals surface area contributed by atoms with Crippen molar-refractivity contribution in [2.45, 2.75) is 6.42 Å². The van der Waals surface area contributed by atoms with Crippen LogP contribution in [0.5, 0.6) is 5.75 Å². The lowest BCUT2D eigenvalue weighted by Gasteiger charge is -2.30. The molecule has 2 N–H and O–H groups in total. The van der Waals surface area contributed by atoms with E-state index in [1.54, 1.807) is 31.4 Å². The molecule has 1 aromatic carbocycles. The highest BCUT2D eigenvalue weighted by atomic mass is 19.1. The molecule has 0 radical (unpaired) electrons. The number of halogens is 1. The van der Waals surface area contributed by atoms with Crippen LogP contribution < -0.4 is 15.4 Å². The fourth-order valence-corrected chi connectivity index (χ4v) is 3.27. The Morgan fingerprint density at radius 3 is 2.81 bits per heavy atom. The van der Waals surface area contributed by atoms with Gasteiger partial charge in [-0.05, 0) is 37.7 Å². The molecule has 0 aliphatic carbocycles. The number of rotatable bonds is 8. The molecule has 4 rings (SSSR count). The standard InChI is InChI=1S/C21H24FN7O2/c1-28-19(20(30)23-6-9-29-7-3-8-29)13-18(27-28)17-4-5-24-21(26-17)25-15-10-14(22)11-16(12-15)31-2/h4-5,10-13H,3,6-9H2,1-2H3,(H,23,30)(H,24,25,26). The molecular weight excluding hydrogens is 401 g/mol. The van der Waals surface area contributed by atoms with Crippen molar-refractivity contribution in [3.63, 3.8) is 0 Å². The van der Waals surface area contributed by atoms with Gasteiger partial charge in [0, 0.05) is 44.2 Å². The molecule has 1 saturated heterocycles. The van der Waals surface area contributed by atoms with Gasteiger partial charge in [-0.3, -0.25) is 9.48 Å². The molecule has 2 aromatic heterocycles. The van der Waals surface area contributed by atoms with Crippen molar-refractivity contribution in [2.24, 2.45) is 7.05 Å². The molecule has 3 heterocycles. The molecule has 10 heteroatoms. The number of likely N-dealkylation sites (tertiary alicyclic amines) is 1. The Morgan fingerprint density at radius 2 is 2.06 bits per heavy atom. The van der Waals surface area contributed by atoms with Crippen LogP contribution >= 0.6 is 0 Å². The molecule has 31 heavy (non-hydrogen) atoms. The van der Waals surface area contributed by atoms with Gasteiger partial charge in [-0.25, -0.2) is 14.4 Å². The molecule has 1 fully saturated rings. The first-order valence-electron chi connectivity index (χ1n) is 10.0. The molecule has 162 valence electrons. The van der Waals surface area contributed by atoms with E-state index in [2.05, 4.69) is 30.6 Å². The van der Waals surface area contributed by atoms with Crippen LogP contribution in [0.15, 0.2) is 36.5 Å². The molecule has 0 atom stereocenters. The molecule has 1 amide bonds. The molecule has 0 spiro atoms. The zero-order chi connectivity index (χ0) is 21.8. The summed E-state index contributed by atoms with van der Waals surface area (Å²) in [7, 11) is 3.18. The van der Waals surface area contributed by atoms with Crippen LogP contribution in [-0.2, 0) is 7.05 Å². The topological polar surface area (TPSA) is 97.2 Å². The molecule has 9 nitrogen and oxygen atoms in total. The number of aryl methyl sites for hydroxylation is 1. The second-order valence-electron chi connectivity index (χ2n) is 7.26. The number of nitrogens with one attached hydrogen (secondary N) is 2. The van der Waals surface area contributed by atoms with Gasteiger partial charge < -0.3 is 20.3 Å². The van der Waals surface area contributed by atoms with Gasteiger partial charge in [-0.2, -0.15) is 5.10 Å². The minimum absolute atomic E-state index is 0.180. The number of ether oxygens (including phenoxy) is 1. The Kier molecular flexibility index (Phi) is 6.08. The Hall–Kier alpha value is -3.53. The number of carbonyl (C=O) groups excluding carboxylic acids is 1. The van der Waals surface area contributed by atoms with Crippen LogP contribution in [0.2, 0.25) is 0 Å². The molecule has 3 aromatic rings. The van der Waals surface area contributed by atoms with Crippen molar-refractivity contribution in [3.8, 4) is 17.1 Å². The first kappa shape index (κ1) is 20.7. The fourth-order valence-electron chi connectivity index (χ4n) is 3.27. The highest BCUT2D eigenvalue weighted by molar-refractivity contribution is 5.93. The number of methoxy groups -OCH3 is 1. The number of aromatic nitrogens is 4. The summed E-state index contributed by atoms with van der Waals surface area (Å²) in [6.07, 6.45) is 2.80. The summed E-state index contributed by atoms with van der Waals surface area (Å²) in [6, 6.07) is 7.64. The van der Waals surface area contributed by atoms with E-state index in [1.165, 1.54) is 30.3 Å². The van der Waals surface area contributed by atoms with Crippen molar-refractivity contribution in [1.82, 2.24) is 30.0 Å². The minimum atomic E-state index is -0.438. The zero-order valence-corrected chi connectivity index (χ0v) is 17.4. The maximum absolute atomic E-state index is 13.7. The van der Waals surface area contributed by atoms with E-state index >= 15 is 0 Å². The summed E-state index contributed by atoms with van der Waals surface area (Å²) < 4.78 is 20.3. The van der Waals surface area contributed by atoms with E-state index in [0.29, 0.717) is 35.1 Å². The van der Waals surface area contributed by atoms with E-state index < -0.39 is 5.82 Å². The van der Waals surface area contributed by atoms with Gasteiger partial charge in [-0.1, -0.05) is 0 Å². The monoisotopic (exact) mass is 425 g/mol. The first-order chi connectivity index (χ1) is 15.0. The summed E-state index contributed by atoms with van der Waals surface area (Å²) >= 11 is 0. The maximum atomic E-state index is 13.7. The van der Waals surface area contributed by atoms with Crippen molar-refractivity contribution >= 4 is 17.5 Å². The smallest absolute Gasteiger partial charge is 0.269 e. The van der Waals surface area contributed by atoms with Gasteiger partial charge >= 0.3 is 0 Å². The summed E-state index contributed by atoms with van der Waals surface area (Å²) in [6.45, 7) is 3.64. The minimum Gasteiger partial charge on any atom is -0.497 e. The van der Waals surface area contributed by atoms with Crippen LogP contribution in [0.4, 0.5) is 16.0 Å². The number of nitrogens with zero attached hydrogens (tertiary/aromatic N) is 5. The summed E-state index contributed by atoms with van der Waals surface area (Å²) in [5.74, 6) is 0.0398. The second-order valence-corrected chi connectivity index (χ2v) is 7.26. The van der Waals surface area contributed by atoms with E-state index in [0.717, 1.165) is 19.6 Å². The lowest BCUT2D eigenvalue weighted by atomic mass is 10.2. The number of hydrogen-bond donors (Lipinski definition) is 2. The Bertz CT molecular complexity index is 1080. The molecular formula is C21H24FN7O2. The summed E-state index contributed by atoms with van der Waals surface area (Å²) in [4.78, 5) is 23.4. The van der Waals surface area contributed by atoms with Crippen molar-refractivity contribution in [2.75, 3.05) is 38.6 Å². The molecule has 0 unspecified atom stereocenters. The number of anilines is 2. The molecule has 1 aliphatic rings. The van der Waals surface area contributed by atoms with Crippen molar-refractivity contribution in [1.29, 1.82) is 0 Å². The average molecular weight is 425 g/mol. The van der Waals surface area contributed by atoms with Gasteiger partial charge in [0.1, 0.15) is 23.0 Å². The van der Waals surface area contributed by atoms with E-state index in [1.807, 2.05) is 0 Å². The van der Waals surface area contributed by atoms with Gasteiger partial charge in [0.2, 0.25) is 5.95 Å². The third kappa shape index (κ3) is 4.97. The van der Waals surface area contributed by atoms with Gasteiger partial charge in [0.15, 0.2) is 0 Å². The maximum Gasteiger partial charge on any atom is 0.269 e. The van der Waals surface area contributed by atoms with Crippen molar-refractivity contribution in [3.05, 3.63) is 48.0 Å². The zero-order valence-electron chi connectivity index (χ0n) is 17.4. The highest BCUT2D eigenvalue weighted by Crippen LogP contribution is 2.23. The Balaban J connectivity index is 1.46. The molecule has 1 aliphatic heterocycles.